The van der Waals surface area contributed by atoms with Crippen LogP contribution in [-0.2, 0) is 10.8 Å². The molecular formula is C25H42OSi2. The van der Waals surface area contributed by atoms with Crippen LogP contribution in [0, 0.1) is 6.92 Å². The minimum absolute atomic E-state index is 0.0543. The Labute approximate surface area is 176 Å². The maximum atomic E-state index is 6.17. The molecule has 28 heavy (non-hydrogen) atoms. The third-order valence-electron chi connectivity index (χ3n) is 6.31. The number of ether oxygens (including phenoxy) is 1. The summed E-state index contributed by atoms with van der Waals surface area (Å²) >= 11 is 0. The summed E-state index contributed by atoms with van der Waals surface area (Å²) in [4.78, 5) is 0. The van der Waals surface area contributed by atoms with Gasteiger partial charge >= 0.3 is 0 Å². The highest BCUT2D eigenvalue weighted by Gasteiger charge is 2.38. The average Bonchev–Trinajstić information content (AvgIpc) is 3.03. The molecule has 0 saturated carbocycles. The first kappa shape index (κ1) is 23.2. The quantitative estimate of drug-likeness (QED) is 0.501. The molecule has 1 atom stereocenters. The molecule has 3 heteroatoms. The summed E-state index contributed by atoms with van der Waals surface area (Å²) in [6, 6.07) is 2.39. The number of aryl methyl sites for hydroxylation is 1. The molecule has 0 aliphatic heterocycles. The van der Waals surface area contributed by atoms with Gasteiger partial charge in [-0.1, -0.05) is 102 Å². The van der Waals surface area contributed by atoms with E-state index >= 15 is 0 Å². The van der Waals surface area contributed by atoms with E-state index in [1.54, 1.807) is 5.19 Å². The lowest BCUT2D eigenvalue weighted by Crippen LogP contribution is -2.38. The van der Waals surface area contributed by atoms with Crippen LogP contribution in [-0.4, -0.2) is 24.0 Å². The molecule has 0 N–H and O–H groups in total. The lowest BCUT2D eigenvalue weighted by Gasteiger charge is -2.36. The number of methoxy groups -OCH3 is 1. The summed E-state index contributed by atoms with van der Waals surface area (Å²) in [5.41, 5.74) is 6.29. The van der Waals surface area contributed by atoms with Gasteiger partial charge in [-0.3, -0.25) is 0 Å². The predicted octanol–water partition coefficient (Wildman–Crippen LogP) is 6.48. The average molecular weight is 415 g/mol. The molecule has 1 aromatic carbocycles. The van der Waals surface area contributed by atoms with Gasteiger partial charge in [-0.2, -0.15) is 0 Å². The summed E-state index contributed by atoms with van der Waals surface area (Å²) < 4.78 is 6.17. The van der Waals surface area contributed by atoms with Gasteiger partial charge in [-0.15, -0.1) is 0 Å². The molecule has 0 heterocycles. The zero-order valence-corrected chi connectivity index (χ0v) is 22.5. The van der Waals surface area contributed by atoms with E-state index in [1.807, 2.05) is 7.11 Å². The van der Waals surface area contributed by atoms with Crippen molar-refractivity contribution in [2.24, 2.45) is 0 Å². The number of hydrogen-bond donors (Lipinski definition) is 0. The Morgan fingerprint density at radius 2 is 1.61 bits per heavy atom. The lowest BCUT2D eigenvalue weighted by atomic mass is 9.73. The van der Waals surface area contributed by atoms with Crippen LogP contribution in [0.1, 0.15) is 51.3 Å². The van der Waals surface area contributed by atoms with Gasteiger partial charge in [0.15, 0.2) is 0 Å². The summed E-state index contributed by atoms with van der Waals surface area (Å²) in [5, 5.41) is 1.58. The van der Waals surface area contributed by atoms with E-state index in [2.05, 4.69) is 98.6 Å². The second-order valence-corrected chi connectivity index (χ2v) is 19.8. The molecule has 0 amide bonds. The smallest absolute Gasteiger partial charge is 0.126 e. The standard InChI is InChI=1S/C25H42OSi2/c1-17-15-20(24(2,3)4)22(26-7)21(23(17)27(8)9)25(5,6)18-13-14-19(16-18)28(10,11)12/h13-16,19,27H,1-12H3. The van der Waals surface area contributed by atoms with Gasteiger partial charge in [0.2, 0.25) is 0 Å². The van der Waals surface area contributed by atoms with Gasteiger partial charge in [-0.25, -0.2) is 0 Å². The lowest BCUT2D eigenvalue weighted by molar-refractivity contribution is 0.385. The molecule has 0 aromatic heterocycles. The first-order valence-electron chi connectivity index (χ1n) is 10.7. The summed E-state index contributed by atoms with van der Waals surface area (Å²) in [6.07, 6.45) is 7.40. The van der Waals surface area contributed by atoms with Gasteiger partial charge in [0, 0.05) is 16.5 Å². The maximum absolute atomic E-state index is 6.17. The fourth-order valence-corrected chi connectivity index (χ4v) is 7.98. The third-order valence-corrected chi connectivity index (χ3v) is 10.6. The third kappa shape index (κ3) is 4.26. The Kier molecular flexibility index (Phi) is 6.34. The van der Waals surface area contributed by atoms with Crippen LogP contribution in [0.5, 0.6) is 5.75 Å². The Morgan fingerprint density at radius 3 is 2.00 bits per heavy atom. The van der Waals surface area contributed by atoms with Crippen LogP contribution in [0.4, 0.5) is 0 Å². The molecular weight excluding hydrogens is 372 g/mol. The van der Waals surface area contributed by atoms with Crippen molar-refractivity contribution >= 4 is 22.1 Å². The van der Waals surface area contributed by atoms with Crippen molar-refractivity contribution in [1.29, 1.82) is 0 Å². The number of rotatable bonds is 5. The number of benzene rings is 1. The Hall–Kier alpha value is -1.07. The Balaban J connectivity index is 2.82. The molecule has 156 valence electrons. The monoisotopic (exact) mass is 414 g/mol. The number of allylic oxidation sites excluding steroid dienone is 4. The van der Waals surface area contributed by atoms with Gasteiger partial charge in [-0.05, 0) is 23.5 Å². The van der Waals surface area contributed by atoms with E-state index in [1.165, 1.54) is 22.3 Å². The van der Waals surface area contributed by atoms with E-state index in [0.29, 0.717) is 5.54 Å². The SMILES string of the molecule is COc1c(C(C)(C)C)cc(C)c([SiH](C)C)c1C(C)(C)C1=CC([Si](C)(C)C)C=C1. The van der Waals surface area contributed by atoms with Crippen LogP contribution >= 0.6 is 0 Å². The van der Waals surface area contributed by atoms with Gasteiger partial charge in [0.1, 0.15) is 5.75 Å². The molecule has 1 nitrogen and oxygen atoms in total. The van der Waals surface area contributed by atoms with Gasteiger partial charge in [0.05, 0.1) is 24.0 Å². The van der Waals surface area contributed by atoms with E-state index in [9.17, 15) is 0 Å². The summed E-state index contributed by atoms with van der Waals surface area (Å²) in [6.45, 7) is 26.3. The van der Waals surface area contributed by atoms with Crippen LogP contribution in [0.15, 0.2) is 29.9 Å². The molecule has 1 unspecified atom stereocenters. The molecule has 0 radical (unpaired) electrons. The highest BCUT2D eigenvalue weighted by molar-refractivity contribution is 6.78. The minimum atomic E-state index is -1.24. The van der Waals surface area contributed by atoms with Crippen molar-refractivity contribution in [1.82, 2.24) is 0 Å². The normalized spacial score (nSPS) is 18.0. The molecule has 1 aromatic rings. The molecule has 0 bridgehead atoms. The van der Waals surface area contributed by atoms with Crippen molar-refractivity contribution in [2.75, 3.05) is 7.11 Å². The van der Waals surface area contributed by atoms with E-state index in [-0.39, 0.29) is 10.8 Å². The summed E-state index contributed by atoms with van der Waals surface area (Å²) in [7, 11) is -0.423. The Bertz CT molecular complexity index is 799. The molecule has 0 fully saturated rings. The zero-order chi connectivity index (χ0) is 21.7. The molecule has 1 aliphatic carbocycles. The first-order chi connectivity index (χ1) is 12.6. The van der Waals surface area contributed by atoms with Crippen molar-refractivity contribution in [3.63, 3.8) is 0 Å². The van der Waals surface area contributed by atoms with Gasteiger partial charge in [0.25, 0.3) is 0 Å². The fraction of sp³-hybridized carbons (Fsp3) is 0.600. The molecule has 2 rings (SSSR count). The first-order valence-corrected chi connectivity index (χ1v) is 17.2. The number of hydrogen-bond acceptors (Lipinski definition) is 1. The van der Waals surface area contributed by atoms with E-state index in [0.717, 1.165) is 5.75 Å². The van der Waals surface area contributed by atoms with Crippen molar-refractivity contribution in [3.05, 3.63) is 46.6 Å². The minimum Gasteiger partial charge on any atom is -0.496 e. The van der Waals surface area contributed by atoms with Crippen LogP contribution in [0.3, 0.4) is 0 Å². The largest absolute Gasteiger partial charge is 0.496 e. The van der Waals surface area contributed by atoms with Crippen molar-refractivity contribution < 1.29 is 4.74 Å². The second kappa shape index (κ2) is 7.64. The molecule has 0 saturated heterocycles. The molecule has 0 spiro atoms. The van der Waals surface area contributed by atoms with Crippen molar-refractivity contribution in [2.45, 2.75) is 90.6 Å². The van der Waals surface area contributed by atoms with Crippen LogP contribution in [0.25, 0.3) is 0 Å². The highest BCUT2D eigenvalue weighted by atomic mass is 28.3. The fourth-order valence-electron chi connectivity index (χ4n) is 4.56. The second-order valence-electron chi connectivity index (χ2n) is 11.5. The zero-order valence-electron chi connectivity index (χ0n) is 20.4. The van der Waals surface area contributed by atoms with Gasteiger partial charge < -0.3 is 4.74 Å². The highest BCUT2D eigenvalue weighted by Crippen LogP contribution is 2.46. The molecule has 1 aliphatic rings. The summed E-state index contributed by atoms with van der Waals surface area (Å²) in [5.74, 6) is 1.12. The topological polar surface area (TPSA) is 9.23 Å². The van der Waals surface area contributed by atoms with E-state index < -0.39 is 16.9 Å². The Morgan fingerprint density at radius 1 is 1.04 bits per heavy atom. The maximum Gasteiger partial charge on any atom is 0.126 e. The van der Waals surface area contributed by atoms with E-state index in [4.69, 9.17) is 4.74 Å². The predicted molar refractivity (Wildman–Crippen MR) is 132 cm³/mol. The van der Waals surface area contributed by atoms with Crippen LogP contribution in [0.2, 0.25) is 38.3 Å². The van der Waals surface area contributed by atoms with Crippen LogP contribution < -0.4 is 9.92 Å². The van der Waals surface area contributed by atoms with Crippen molar-refractivity contribution in [3.8, 4) is 5.75 Å².